The van der Waals surface area contributed by atoms with Gasteiger partial charge in [-0.3, -0.25) is 4.84 Å². The van der Waals surface area contributed by atoms with Crippen LogP contribution in [0.3, 0.4) is 0 Å². The summed E-state index contributed by atoms with van der Waals surface area (Å²) in [6, 6.07) is 11.1. The summed E-state index contributed by atoms with van der Waals surface area (Å²) in [5.74, 6) is 0.655. The highest BCUT2D eigenvalue weighted by Crippen LogP contribution is 2.36. The molecule has 0 amide bonds. The third kappa shape index (κ3) is 4.94. The van der Waals surface area contributed by atoms with Crippen LogP contribution in [-0.2, 0) is 27.5 Å². The van der Waals surface area contributed by atoms with Crippen molar-refractivity contribution in [2.75, 3.05) is 27.3 Å². The molecule has 1 aliphatic heterocycles. The Morgan fingerprint density at radius 2 is 1.93 bits per heavy atom. The number of methoxy groups -OCH3 is 1. The smallest absolute Gasteiger partial charge is 0.416 e. The molecule has 0 saturated carbocycles. The first-order chi connectivity index (χ1) is 14.1. The van der Waals surface area contributed by atoms with Gasteiger partial charge in [0.25, 0.3) is 0 Å². The first-order valence-electron chi connectivity index (χ1n) is 9.27. The van der Waals surface area contributed by atoms with Crippen molar-refractivity contribution in [2.24, 2.45) is 0 Å². The number of hydrogen-bond acceptors (Lipinski definition) is 5. The monoisotopic (exact) mass is 444 g/mol. The summed E-state index contributed by atoms with van der Waals surface area (Å²) in [4.78, 5) is 5.36. The molecule has 0 bridgehead atoms. The second-order valence-electron chi connectivity index (χ2n) is 6.95. The van der Waals surface area contributed by atoms with Gasteiger partial charge in [-0.1, -0.05) is 30.3 Å². The molecule has 0 radical (unpaired) electrons. The van der Waals surface area contributed by atoms with E-state index in [1.807, 2.05) is 18.2 Å². The van der Waals surface area contributed by atoms with Crippen LogP contribution in [-0.4, -0.2) is 46.0 Å². The average molecular weight is 444 g/mol. The maximum atomic E-state index is 13.1. The second kappa shape index (κ2) is 8.93. The van der Waals surface area contributed by atoms with E-state index in [4.69, 9.17) is 9.57 Å². The maximum Gasteiger partial charge on any atom is 0.416 e. The largest absolute Gasteiger partial charge is 0.496 e. The number of ether oxygens (including phenoxy) is 1. The van der Waals surface area contributed by atoms with Crippen LogP contribution in [0.2, 0.25) is 0 Å². The van der Waals surface area contributed by atoms with Gasteiger partial charge in [0.1, 0.15) is 11.0 Å². The van der Waals surface area contributed by atoms with Crippen molar-refractivity contribution in [3.05, 3.63) is 65.2 Å². The summed E-state index contributed by atoms with van der Waals surface area (Å²) in [6.45, 7) is -0.0281. The highest BCUT2D eigenvalue weighted by atomic mass is 32.2. The Hall–Kier alpha value is -2.14. The molecule has 1 fully saturated rings. The quantitative estimate of drug-likeness (QED) is 0.711. The summed E-state index contributed by atoms with van der Waals surface area (Å²) in [5.41, 5.74) is 0.238. The van der Waals surface area contributed by atoms with Crippen LogP contribution < -0.4 is 9.46 Å². The lowest BCUT2D eigenvalue weighted by Crippen LogP contribution is -2.40. The molecule has 1 saturated heterocycles. The zero-order chi connectivity index (χ0) is 21.9. The number of hydrogen-bond donors (Lipinski definition) is 1. The maximum absolute atomic E-state index is 13.1. The Bertz CT molecular complexity index is 982. The van der Waals surface area contributed by atoms with E-state index in [-0.39, 0.29) is 18.7 Å². The molecule has 164 valence electrons. The fraction of sp³-hybridized carbons (Fsp3) is 0.400. The van der Waals surface area contributed by atoms with Gasteiger partial charge in [0.05, 0.1) is 25.3 Å². The van der Waals surface area contributed by atoms with Gasteiger partial charge in [-0.25, -0.2) is 13.1 Å². The van der Waals surface area contributed by atoms with Crippen LogP contribution in [0.15, 0.2) is 48.5 Å². The van der Waals surface area contributed by atoms with Gasteiger partial charge in [-0.15, -0.1) is 0 Å². The molecule has 1 aliphatic rings. The molecule has 1 heterocycles. The number of halogens is 3. The van der Waals surface area contributed by atoms with E-state index < -0.39 is 33.1 Å². The molecule has 0 aromatic heterocycles. The third-order valence-electron chi connectivity index (χ3n) is 5.03. The Labute approximate surface area is 173 Å². The van der Waals surface area contributed by atoms with Crippen LogP contribution in [0.1, 0.15) is 22.7 Å². The van der Waals surface area contributed by atoms with Gasteiger partial charge in [0.2, 0.25) is 10.0 Å². The molecule has 6 nitrogen and oxygen atoms in total. The number of alkyl halides is 3. The molecule has 2 aromatic carbocycles. The predicted molar refractivity (Wildman–Crippen MR) is 105 cm³/mol. The molecule has 0 spiro atoms. The molecule has 1 N–H and O–H groups in total. The first-order valence-corrected chi connectivity index (χ1v) is 10.8. The van der Waals surface area contributed by atoms with E-state index in [2.05, 4.69) is 4.72 Å². The van der Waals surface area contributed by atoms with Gasteiger partial charge in [-0.05, 0) is 35.7 Å². The van der Waals surface area contributed by atoms with Gasteiger partial charge in [0, 0.05) is 13.6 Å². The van der Waals surface area contributed by atoms with Crippen LogP contribution >= 0.6 is 0 Å². The fourth-order valence-electron chi connectivity index (χ4n) is 3.52. The fourth-order valence-corrected chi connectivity index (χ4v) is 5.03. The second-order valence-corrected chi connectivity index (χ2v) is 8.93. The van der Waals surface area contributed by atoms with E-state index >= 15 is 0 Å². The van der Waals surface area contributed by atoms with E-state index in [0.717, 1.165) is 17.7 Å². The molecule has 2 atom stereocenters. The topological polar surface area (TPSA) is 67.9 Å². The van der Waals surface area contributed by atoms with Crippen molar-refractivity contribution in [3.8, 4) is 5.75 Å². The van der Waals surface area contributed by atoms with Crippen molar-refractivity contribution in [2.45, 2.75) is 23.9 Å². The highest BCUT2D eigenvalue weighted by Gasteiger charge is 2.43. The van der Waals surface area contributed by atoms with E-state index in [9.17, 15) is 21.6 Å². The highest BCUT2D eigenvalue weighted by molar-refractivity contribution is 7.90. The lowest BCUT2D eigenvalue weighted by Gasteiger charge is -2.24. The third-order valence-corrected chi connectivity index (χ3v) is 6.83. The number of hydroxylamine groups is 2. The minimum Gasteiger partial charge on any atom is -0.496 e. The summed E-state index contributed by atoms with van der Waals surface area (Å²) in [5, 5.41) is 0.239. The number of nitrogens with zero attached hydrogens (tertiary/aromatic N) is 1. The number of nitrogens with one attached hydrogen (secondary N) is 1. The normalized spacial score (nSPS) is 20.4. The minimum atomic E-state index is -4.52. The predicted octanol–water partition coefficient (Wildman–Crippen LogP) is 3.16. The SMILES string of the molecule is COc1ccccc1CCNS(=O)(=O)[C@@H]1CON(C)[C@@H]1c1cccc(C(F)(F)F)c1. The average Bonchev–Trinajstić information content (AvgIpc) is 3.10. The summed E-state index contributed by atoms with van der Waals surface area (Å²) in [7, 11) is -0.822. The van der Waals surface area contributed by atoms with Crippen molar-refractivity contribution in [1.82, 2.24) is 9.79 Å². The summed E-state index contributed by atoms with van der Waals surface area (Å²) >= 11 is 0. The van der Waals surface area contributed by atoms with Gasteiger partial charge < -0.3 is 4.74 Å². The molecule has 10 heteroatoms. The number of benzene rings is 2. The Morgan fingerprint density at radius 3 is 2.63 bits per heavy atom. The van der Waals surface area contributed by atoms with Crippen LogP contribution in [0, 0.1) is 0 Å². The van der Waals surface area contributed by atoms with E-state index in [1.165, 1.54) is 31.4 Å². The van der Waals surface area contributed by atoms with E-state index in [1.54, 1.807) is 6.07 Å². The molecule has 0 aliphatic carbocycles. The van der Waals surface area contributed by atoms with Gasteiger partial charge in [-0.2, -0.15) is 18.2 Å². The van der Waals surface area contributed by atoms with Crippen molar-refractivity contribution < 1.29 is 31.2 Å². The van der Waals surface area contributed by atoms with Crippen LogP contribution in [0.25, 0.3) is 0 Å². The van der Waals surface area contributed by atoms with E-state index in [0.29, 0.717) is 12.2 Å². The standard InChI is InChI=1S/C20H23F3N2O4S/c1-25-19(15-7-5-8-16(12-15)20(21,22)23)18(13-29-25)30(26,27)24-11-10-14-6-3-4-9-17(14)28-2/h3-9,12,18-19,24H,10-11,13H2,1-2H3/t18-,19-/m1/s1. The van der Waals surface area contributed by atoms with Crippen LogP contribution in [0.4, 0.5) is 13.2 Å². The first kappa shape index (κ1) is 22.5. The molecular formula is C20H23F3N2O4S. The number of rotatable bonds is 7. The number of sulfonamides is 1. The summed E-state index contributed by atoms with van der Waals surface area (Å²) < 4.78 is 72.9. The van der Waals surface area contributed by atoms with Crippen molar-refractivity contribution in [3.63, 3.8) is 0 Å². The summed E-state index contributed by atoms with van der Waals surface area (Å²) in [6.07, 6.45) is -4.11. The zero-order valence-corrected chi connectivity index (χ0v) is 17.3. The Kier molecular flexibility index (Phi) is 6.71. The van der Waals surface area contributed by atoms with Gasteiger partial charge >= 0.3 is 6.18 Å². The molecule has 3 rings (SSSR count). The molecule has 2 aromatic rings. The lowest BCUT2D eigenvalue weighted by atomic mass is 10.0. The van der Waals surface area contributed by atoms with Crippen molar-refractivity contribution in [1.29, 1.82) is 0 Å². The number of para-hydroxylation sites is 1. The van der Waals surface area contributed by atoms with Crippen molar-refractivity contribution >= 4 is 10.0 Å². The Morgan fingerprint density at radius 1 is 1.20 bits per heavy atom. The Balaban J connectivity index is 1.76. The lowest BCUT2D eigenvalue weighted by molar-refractivity contribution is -0.138. The molecule has 30 heavy (non-hydrogen) atoms. The minimum absolute atomic E-state index is 0.123. The van der Waals surface area contributed by atoms with Gasteiger partial charge in [0.15, 0.2) is 0 Å². The van der Waals surface area contributed by atoms with Crippen LogP contribution in [0.5, 0.6) is 5.75 Å². The zero-order valence-electron chi connectivity index (χ0n) is 16.5. The molecular weight excluding hydrogens is 421 g/mol. The molecule has 0 unspecified atom stereocenters.